The Morgan fingerprint density at radius 2 is 1.87 bits per heavy atom. The van der Waals surface area contributed by atoms with Crippen LogP contribution in [0.2, 0.25) is 5.02 Å². The van der Waals surface area contributed by atoms with Crippen molar-refractivity contribution >= 4 is 33.8 Å². The van der Waals surface area contributed by atoms with Crippen LogP contribution in [-0.4, -0.2) is 13.0 Å². The fraction of sp³-hybridized carbons (Fsp3) is 0.292. The Balaban J connectivity index is 1.35. The Labute approximate surface area is 190 Å². The predicted octanol–water partition coefficient (Wildman–Crippen LogP) is 5.72. The minimum absolute atomic E-state index is 0.000168. The van der Waals surface area contributed by atoms with E-state index < -0.39 is 0 Å². The number of carbonyl (C=O) groups is 1. The first kappa shape index (κ1) is 20.2. The van der Waals surface area contributed by atoms with Crippen molar-refractivity contribution in [1.82, 2.24) is 5.32 Å². The highest BCUT2D eigenvalue weighted by Crippen LogP contribution is 2.42. The zero-order valence-electron chi connectivity index (χ0n) is 17.2. The van der Waals surface area contributed by atoms with E-state index in [-0.39, 0.29) is 12.1 Å². The first-order valence-electron chi connectivity index (χ1n) is 10.4. The molecule has 7 heteroatoms. The first-order valence-corrected chi connectivity index (χ1v) is 11.6. The number of halogens is 1. The maximum atomic E-state index is 12.9. The van der Waals surface area contributed by atoms with Gasteiger partial charge in [0.25, 0.3) is 5.91 Å². The number of aryl methyl sites for hydroxylation is 1. The number of anilines is 1. The second kappa shape index (κ2) is 8.44. The Hall–Kier alpha value is -2.70. The number of ether oxygens (including phenoxy) is 2. The molecule has 3 aromatic rings. The molecular weight excluding hydrogens is 432 g/mol. The quantitative estimate of drug-likeness (QED) is 0.517. The van der Waals surface area contributed by atoms with E-state index in [9.17, 15) is 4.79 Å². The normalized spacial score (nSPS) is 17.2. The maximum Gasteiger partial charge on any atom is 0.256 e. The smallest absolute Gasteiger partial charge is 0.256 e. The average Bonchev–Trinajstić information content (AvgIpc) is 3.17. The summed E-state index contributed by atoms with van der Waals surface area (Å²) >= 11 is 7.67. The second-order valence-electron chi connectivity index (χ2n) is 7.79. The van der Waals surface area contributed by atoms with Crippen molar-refractivity contribution < 1.29 is 14.3 Å². The molecule has 0 bridgehead atoms. The lowest BCUT2D eigenvalue weighted by Gasteiger charge is -2.27. The summed E-state index contributed by atoms with van der Waals surface area (Å²) in [7, 11) is 1.62. The summed E-state index contributed by atoms with van der Waals surface area (Å²) in [6.45, 7) is 0.412. The topological polar surface area (TPSA) is 59.6 Å². The van der Waals surface area contributed by atoms with Crippen molar-refractivity contribution in [3.05, 3.63) is 74.6 Å². The van der Waals surface area contributed by atoms with Crippen molar-refractivity contribution in [3.8, 4) is 11.5 Å². The summed E-state index contributed by atoms with van der Waals surface area (Å²) in [4.78, 5) is 14.2. The molecule has 1 atom stereocenters. The first-order chi connectivity index (χ1) is 15.1. The number of fused-ring (bicyclic) bond motifs is 3. The molecule has 2 heterocycles. The van der Waals surface area contributed by atoms with Crippen LogP contribution in [0.25, 0.3) is 0 Å². The summed E-state index contributed by atoms with van der Waals surface area (Å²) in [5.41, 5.74) is 4.01. The molecule has 1 aliphatic heterocycles. The van der Waals surface area contributed by atoms with Gasteiger partial charge in [0.2, 0.25) is 0 Å². The van der Waals surface area contributed by atoms with Crippen LogP contribution in [-0.2, 0) is 19.4 Å². The zero-order chi connectivity index (χ0) is 21.4. The third kappa shape index (κ3) is 3.98. The number of rotatable bonds is 5. The van der Waals surface area contributed by atoms with Gasteiger partial charge in [0.05, 0.1) is 12.7 Å². The van der Waals surface area contributed by atoms with E-state index in [1.165, 1.54) is 16.9 Å². The minimum Gasteiger partial charge on any atom is -0.493 e. The number of nitrogens with one attached hydrogen (secondary N) is 2. The van der Waals surface area contributed by atoms with Gasteiger partial charge in [0.15, 0.2) is 11.5 Å². The van der Waals surface area contributed by atoms with Crippen LogP contribution < -0.4 is 20.1 Å². The fourth-order valence-electron chi connectivity index (χ4n) is 4.17. The van der Waals surface area contributed by atoms with Crippen LogP contribution in [0.15, 0.2) is 42.5 Å². The Bertz CT molecular complexity index is 1130. The van der Waals surface area contributed by atoms with Gasteiger partial charge < -0.3 is 20.1 Å². The molecule has 1 unspecified atom stereocenters. The molecule has 2 aromatic carbocycles. The molecule has 1 amide bonds. The van der Waals surface area contributed by atoms with Crippen LogP contribution in [0, 0.1) is 0 Å². The minimum atomic E-state index is -0.306. The number of methoxy groups -OCH3 is 1. The lowest BCUT2D eigenvalue weighted by atomic mass is 9.94. The standard InChI is InChI=1S/C24H23ClN2O3S/c1-29-19-12-15(8-11-18(19)30-13-14-6-9-16(25)10-7-14)22-26-23(28)21-17-4-2-3-5-20(17)31-24(21)27-22/h6-12,22,27H,2-5,13H2,1H3,(H,26,28). The molecule has 31 heavy (non-hydrogen) atoms. The van der Waals surface area contributed by atoms with Crippen molar-refractivity contribution in [2.75, 3.05) is 12.4 Å². The third-order valence-electron chi connectivity index (χ3n) is 5.78. The summed E-state index contributed by atoms with van der Waals surface area (Å²) in [6.07, 6.45) is 4.11. The molecule has 0 radical (unpaired) electrons. The molecule has 160 valence electrons. The number of thiophene rings is 1. The molecule has 2 N–H and O–H groups in total. The summed E-state index contributed by atoms with van der Waals surface area (Å²) in [6, 6.07) is 13.3. The van der Waals surface area contributed by atoms with E-state index >= 15 is 0 Å². The number of carbonyl (C=O) groups excluding carboxylic acids is 1. The molecule has 0 saturated carbocycles. The Kier molecular flexibility index (Phi) is 5.50. The molecule has 0 fully saturated rings. The molecule has 5 nitrogen and oxygen atoms in total. The predicted molar refractivity (Wildman–Crippen MR) is 124 cm³/mol. The van der Waals surface area contributed by atoms with Crippen molar-refractivity contribution in [3.63, 3.8) is 0 Å². The molecule has 0 spiro atoms. The summed E-state index contributed by atoms with van der Waals surface area (Å²) in [5, 5.41) is 8.29. The zero-order valence-corrected chi connectivity index (χ0v) is 18.7. The van der Waals surface area contributed by atoms with E-state index in [1.54, 1.807) is 18.4 Å². The van der Waals surface area contributed by atoms with Gasteiger partial charge in [0.1, 0.15) is 17.8 Å². The largest absolute Gasteiger partial charge is 0.493 e. The molecule has 1 aliphatic carbocycles. The van der Waals surface area contributed by atoms with E-state index in [4.69, 9.17) is 21.1 Å². The van der Waals surface area contributed by atoms with Crippen LogP contribution in [0.1, 0.15) is 50.9 Å². The van der Waals surface area contributed by atoms with E-state index in [0.29, 0.717) is 23.1 Å². The number of amides is 1. The van der Waals surface area contributed by atoms with Crippen LogP contribution >= 0.6 is 22.9 Å². The van der Waals surface area contributed by atoms with Gasteiger partial charge in [-0.1, -0.05) is 29.8 Å². The lowest BCUT2D eigenvalue weighted by molar-refractivity contribution is 0.0935. The summed E-state index contributed by atoms with van der Waals surface area (Å²) in [5.74, 6) is 1.27. The van der Waals surface area contributed by atoms with Gasteiger partial charge in [-0.15, -0.1) is 11.3 Å². The summed E-state index contributed by atoms with van der Waals surface area (Å²) < 4.78 is 11.5. The van der Waals surface area contributed by atoms with E-state index in [0.717, 1.165) is 41.0 Å². The molecule has 5 rings (SSSR count). The highest BCUT2D eigenvalue weighted by molar-refractivity contribution is 7.16. The lowest BCUT2D eigenvalue weighted by Crippen LogP contribution is -2.38. The highest BCUT2D eigenvalue weighted by Gasteiger charge is 2.32. The second-order valence-corrected chi connectivity index (χ2v) is 9.33. The molecule has 0 saturated heterocycles. The highest BCUT2D eigenvalue weighted by atomic mass is 35.5. The number of hydrogen-bond acceptors (Lipinski definition) is 5. The van der Waals surface area contributed by atoms with Crippen LogP contribution in [0.4, 0.5) is 5.00 Å². The Morgan fingerprint density at radius 1 is 1.06 bits per heavy atom. The Morgan fingerprint density at radius 3 is 2.68 bits per heavy atom. The van der Waals surface area contributed by atoms with Crippen molar-refractivity contribution in [1.29, 1.82) is 0 Å². The van der Waals surface area contributed by atoms with Crippen molar-refractivity contribution in [2.45, 2.75) is 38.5 Å². The average molecular weight is 455 g/mol. The van der Waals surface area contributed by atoms with Gasteiger partial charge in [0, 0.05) is 9.90 Å². The third-order valence-corrected chi connectivity index (χ3v) is 7.25. The number of hydrogen-bond donors (Lipinski definition) is 2. The van der Waals surface area contributed by atoms with Crippen molar-refractivity contribution in [2.24, 2.45) is 0 Å². The monoisotopic (exact) mass is 454 g/mol. The molecule has 2 aliphatic rings. The van der Waals surface area contributed by atoms with E-state index in [2.05, 4.69) is 10.6 Å². The molecule has 1 aromatic heterocycles. The fourth-order valence-corrected chi connectivity index (χ4v) is 5.61. The van der Waals surface area contributed by atoms with Crippen LogP contribution in [0.3, 0.4) is 0 Å². The van der Waals surface area contributed by atoms with Gasteiger partial charge in [-0.05, 0) is 66.6 Å². The van der Waals surface area contributed by atoms with Gasteiger partial charge in [-0.25, -0.2) is 0 Å². The van der Waals surface area contributed by atoms with Gasteiger partial charge >= 0.3 is 0 Å². The SMILES string of the molecule is COc1cc(C2NC(=O)c3c(sc4c3CCCC4)N2)ccc1OCc1ccc(Cl)cc1. The van der Waals surface area contributed by atoms with Gasteiger partial charge in [-0.3, -0.25) is 4.79 Å². The maximum absolute atomic E-state index is 12.9. The molecular formula is C24H23ClN2O3S. The van der Waals surface area contributed by atoms with Crippen LogP contribution in [0.5, 0.6) is 11.5 Å². The number of benzene rings is 2. The van der Waals surface area contributed by atoms with E-state index in [1.807, 2.05) is 42.5 Å². The van der Waals surface area contributed by atoms with Gasteiger partial charge in [-0.2, -0.15) is 0 Å².